The summed E-state index contributed by atoms with van der Waals surface area (Å²) in [5, 5.41) is 5.56. The minimum atomic E-state index is -0.855. The topological polar surface area (TPSA) is 81.8 Å². The summed E-state index contributed by atoms with van der Waals surface area (Å²) in [6.45, 7) is 3.63. The van der Waals surface area contributed by atoms with Crippen molar-refractivity contribution in [3.8, 4) is 0 Å². The number of nitrogens with zero attached hydrogens (tertiary/aromatic N) is 2. The molecule has 2 saturated heterocycles. The van der Waals surface area contributed by atoms with Crippen LogP contribution in [0, 0.1) is 5.92 Å². The zero-order valence-electron chi connectivity index (χ0n) is 16.4. The van der Waals surface area contributed by atoms with Crippen molar-refractivity contribution < 1.29 is 14.4 Å². The smallest absolute Gasteiger partial charge is 0.325 e. The molecule has 0 unspecified atom stereocenters. The third-order valence-corrected chi connectivity index (χ3v) is 6.12. The minimum Gasteiger partial charge on any atom is -0.372 e. The number of urea groups is 1. The van der Waals surface area contributed by atoms with Gasteiger partial charge in [0.05, 0.1) is 0 Å². The summed E-state index contributed by atoms with van der Waals surface area (Å²) < 4.78 is 0. The molecule has 2 heterocycles. The van der Waals surface area contributed by atoms with E-state index in [1.54, 1.807) is 6.92 Å². The van der Waals surface area contributed by atoms with Crippen LogP contribution < -0.4 is 15.5 Å². The molecule has 7 nitrogen and oxygen atoms in total. The van der Waals surface area contributed by atoms with Gasteiger partial charge in [0.1, 0.15) is 12.1 Å². The van der Waals surface area contributed by atoms with E-state index in [9.17, 15) is 14.4 Å². The maximum atomic E-state index is 12.6. The lowest BCUT2D eigenvalue weighted by Crippen LogP contribution is -2.46. The van der Waals surface area contributed by atoms with Crippen LogP contribution in [0.2, 0.25) is 0 Å². The van der Waals surface area contributed by atoms with E-state index >= 15 is 0 Å². The van der Waals surface area contributed by atoms with Crippen molar-refractivity contribution in [3.05, 3.63) is 24.3 Å². The third kappa shape index (κ3) is 3.70. The molecule has 0 spiro atoms. The van der Waals surface area contributed by atoms with Crippen molar-refractivity contribution in [2.75, 3.05) is 29.9 Å². The number of rotatable bonds is 5. The lowest BCUT2D eigenvalue weighted by molar-refractivity contribution is -0.134. The molecule has 7 heteroatoms. The van der Waals surface area contributed by atoms with Crippen LogP contribution in [0.3, 0.4) is 0 Å². The molecule has 3 aliphatic rings. The lowest BCUT2D eigenvalue weighted by atomic mass is 9.96. The molecule has 4 amide bonds. The molecule has 1 saturated carbocycles. The number of anilines is 2. The summed E-state index contributed by atoms with van der Waals surface area (Å²) in [7, 11) is 0. The number of imide groups is 1. The highest BCUT2D eigenvalue weighted by atomic mass is 16.2. The first-order chi connectivity index (χ1) is 13.5. The van der Waals surface area contributed by atoms with Crippen molar-refractivity contribution in [2.45, 2.75) is 51.0 Å². The average Bonchev–Trinajstić information content (AvgIpc) is 3.51. The number of benzene rings is 1. The number of amides is 4. The number of carbonyl (C=O) groups is 3. The second-order valence-electron chi connectivity index (χ2n) is 8.29. The van der Waals surface area contributed by atoms with Gasteiger partial charge in [-0.1, -0.05) is 12.8 Å². The molecule has 2 aliphatic heterocycles. The molecule has 150 valence electrons. The van der Waals surface area contributed by atoms with Crippen LogP contribution in [0.15, 0.2) is 24.3 Å². The Kier molecular flexibility index (Phi) is 5.00. The Morgan fingerprint density at radius 2 is 1.75 bits per heavy atom. The van der Waals surface area contributed by atoms with Crippen LogP contribution in [-0.4, -0.2) is 47.9 Å². The first-order valence-electron chi connectivity index (χ1n) is 10.3. The number of nitrogens with one attached hydrogen (secondary N) is 2. The summed E-state index contributed by atoms with van der Waals surface area (Å²) >= 11 is 0. The summed E-state index contributed by atoms with van der Waals surface area (Å²) in [6.07, 6.45) is 6.87. The van der Waals surface area contributed by atoms with Crippen LogP contribution >= 0.6 is 0 Å². The van der Waals surface area contributed by atoms with Gasteiger partial charge in [-0.2, -0.15) is 0 Å². The van der Waals surface area contributed by atoms with E-state index in [0.29, 0.717) is 5.69 Å². The molecule has 1 aromatic carbocycles. The Morgan fingerprint density at radius 1 is 1.11 bits per heavy atom. The van der Waals surface area contributed by atoms with Crippen molar-refractivity contribution in [1.29, 1.82) is 0 Å². The van der Waals surface area contributed by atoms with Crippen LogP contribution in [-0.2, 0) is 9.59 Å². The number of hydrogen-bond donors (Lipinski definition) is 2. The van der Waals surface area contributed by atoms with E-state index in [2.05, 4.69) is 15.5 Å². The molecular formula is C21H28N4O3. The molecule has 1 aliphatic carbocycles. The van der Waals surface area contributed by atoms with Crippen molar-refractivity contribution in [2.24, 2.45) is 5.92 Å². The summed E-state index contributed by atoms with van der Waals surface area (Å²) in [6, 6.07) is 7.29. The number of hydrogen-bond acceptors (Lipinski definition) is 4. The highest BCUT2D eigenvalue weighted by molar-refractivity contribution is 6.10. The number of carbonyl (C=O) groups excluding carboxylic acids is 3. The zero-order valence-corrected chi connectivity index (χ0v) is 16.4. The van der Waals surface area contributed by atoms with Gasteiger partial charge in [-0.15, -0.1) is 0 Å². The normalized spacial score (nSPS) is 25.5. The van der Waals surface area contributed by atoms with Gasteiger partial charge in [0.2, 0.25) is 5.91 Å². The van der Waals surface area contributed by atoms with Gasteiger partial charge in [0.25, 0.3) is 5.91 Å². The fraction of sp³-hybridized carbons (Fsp3) is 0.571. The summed E-state index contributed by atoms with van der Waals surface area (Å²) in [5.74, 6) is -0.485. The van der Waals surface area contributed by atoms with Crippen LogP contribution in [0.25, 0.3) is 0 Å². The van der Waals surface area contributed by atoms with Gasteiger partial charge in [-0.3, -0.25) is 14.5 Å². The fourth-order valence-electron chi connectivity index (χ4n) is 4.23. The molecule has 3 fully saturated rings. The molecule has 1 aromatic rings. The van der Waals surface area contributed by atoms with Crippen LogP contribution in [0.5, 0.6) is 0 Å². The Hall–Kier alpha value is -2.57. The van der Waals surface area contributed by atoms with Crippen LogP contribution in [0.1, 0.15) is 45.4 Å². The lowest BCUT2D eigenvalue weighted by Gasteiger charge is -2.23. The second-order valence-corrected chi connectivity index (χ2v) is 8.29. The van der Waals surface area contributed by atoms with E-state index < -0.39 is 11.6 Å². The molecule has 1 atom stereocenters. The maximum Gasteiger partial charge on any atom is 0.325 e. The van der Waals surface area contributed by atoms with Crippen molar-refractivity contribution in [1.82, 2.24) is 10.2 Å². The summed E-state index contributed by atoms with van der Waals surface area (Å²) in [4.78, 5) is 40.6. The maximum absolute atomic E-state index is 12.6. The average molecular weight is 384 g/mol. The Morgan fingerprint density at radius 3 is 2.36 bits per heavy atom. The largest absolute Gasteiger partial charge is 0.372 e. The van der Waals surface area contributed by atoms with E-state index in [4.69, 9.17) is 0 Å². The second kappa shape index (κ2) is 7.45. The first kappa shape index (κ1) is 18.8. The monoisotopic (exact) mass is 384 g/mol. The molecular weight excluding hydrogens is 356 g/mol. The third-order valence-electron chi connectivity index (χ3n) is 6.12. The van der Waals surface area contributed by atoms with Gasteiger partial charge >= 0.3 is 6.03 Å². The molecule has 4 rings (SSSR count). The zero-order chi connectivity index (χ0) is 19.7. The summed E-state index contributed by atoms with van der Waals surface area (Å²) in [5.41, 5.74) is 0.974. The van der Waals surface area contributed by atoms with Crippen molar-refractivity contribution in [3.63, 3.8) is 0 Å². The van der Waals surface area contributed by atoms with Gasteiger partial charge in [-0.05, 0) is 62.8 Å². The van der Waals surface area contributed by atoms with Crippen LogP contribution in [0.4, 0.5) is 16.2 Å². The molecule has 2 N–H and O–H groups in total. The highest BCUT2D eigenvalue weighted by Crippen LogP contribution is 2.42. The molecule has 0 aromatic heterocycles. The van der Waals surface area contributed by atoms with Gasteiger partial charge in [0, 0.05) is 24.5 Å². The standard InChI is InChI=1S/C21H28N4O3/c1-21(15-6-7-15)19(27)25(20(28)23-21)14-18(26)22-16-8-10-17(11-9-16)24-12-4-2-3-5-13-24/h8-11,15H,2-7,12-14H2,1H3,(H,22,26)(H,23,28)/t21-/m1/s1. The molecule has 0 bridgehead atoms. The minimum absolute atomic E-state index is 0.184. The van der Waals surface area contributed by atoms with Gasteiger partial charge < -0.3 is 15.5 Å². The molecule has 28 heavy (non-hydrogen) atoms. The van der Waals surface area contributed by atoms with Gasteiger partial charge in [-0.25, -0.2) is 4.79 Å². The quantitative estimate of drug-likeness (QED) is 0.765. The van der Waals surface area contributed by atoms with E-state index in [-0.39, 0.29) is 24.3 Å². The fourth-order valence-corrected chi connectivity index (χ4v) is 4.23. The highest BCUT2D eigenvalue weighted by Gasteiger charge is 2.56. The predicted octanol–water partition coefficient (Wildman–Crippen LogP) is 2.73. The van der Waals surface area contributed by atoms with E-state index in [1.807, 2.05) is 24.3 Å². The van der Waals surface area contributed by atoms with Crippen molar-refractivity contribution >= 4 is 29.2 Å². The Balaban J connectivity index is 1.35. The Bertz CT molecular complexity index is 766. The Labute approximate surface area is 165 Å². The molecule has 0 radical (unpaired) electrons. The van der Waals surface area contributed by atoms with Gasteiger partial charge in [0.15, 0.2) is 0 Å². The predicted molar refractivity (Wildman–Crippen MR) is 107 cm³/mol. The van der Waals surface area contributed by atoms with E-state index in [1.165, 1.54) is 25.7 Å². The SMILES string of the molecule is C[C@]1(C2CC2)NC(=O)N(CC(=O)Nc2ccc(N3CCCCCC3)cc2)C1=O. The first-order valence-corrected chi connectivity index (χ1v) is 10.3. The van der Waals surface area contributed by atoms with E-state index in [0.717, 1.165) is 36.5 Å².